The molecule has 0 radical (unpaired) electrons. The van der Waals surface area contributed by atoms with Crippen LogP contribution in [0.5, 0.6) is 0 Å². The second kappa shape index (κ2) is 12.2. The van der Waals surface area contributed by atoms with Crippen LogP contribution in [0.1, 0.15) is 81.6 Å². The van der Waals surface area contributed by atoms with E-state index in [1.165, 1.54) is 0 Å². The van der Waals surface area contributed by atoms with Crippen molar-refractivity contribution < 1.29 is 19.5 Å². The molecular weight excluding hydrogens is 384 g/mol. The SMILES string of the molecule is CC(C)[C@H](NC(C)(C)C)C(=O)N[C@@H](C)C(=O)NC(CCCCNC(C)(C)C)C(=O)O. The molecule has 0 bridgehead atoms. The maximum Gasteiger partial charge on any atom is 0.326 e. The van der Waals surface area contributed by atoms with Gasteiger partial charge in [0.25, 0.3) is 0 Å². The van der Waals surface area contributed by atoms with Crippen molar-refractivity contribution in [3.8, 4) is 0 Å². The van der Waals surface area contributed by atoms with Crippen LogP contribution in [-0.2, 0) is 14.4 Å². The Hall–Kier alpha value is -1.67. The van der Waals surface area contributed by atoms with Gasteiger partial charge in [0, 0.05) is 11.1 Å². The number of nitrogens with one attached hydrogen (secondary N) is 4. The number of hydrogen-bond acceptors (Lipinski definition) is 5. The minimum Gasteiger partial charge on any atom is -0.480 e. The summed E-state index contributed by atoms with van der Waals surface area (Å²) >= 11 is 0. The minimum atomic E-state index is -1.07. The predicted octanol–water partition coefficient (Wildman–Crippen LogP) is 2.03. The average Bonchev–Trinajstić information content (AvgIpc) is 2.55. The van der Waals surface area contributed by atoms with Crippen LogP contribution >= 0.6 is 0 Å². The molecule has 3 atom stereocenters. The molecule has 0 aliphatic carbocycles. The highest BCUT2D eigenvalue weighted by Crippen LogP contribution is 2.09. The van der Waals surface area contributed by atoms with Gasteiger partial charge in [0.1, 0.15) is 12.1 Å². The standard InChI is InChI=1S/C22H44N4O4/c1-14(2)17(26-22(7,8)9)19(28)24-15(3)18(27)25-16(20(29)30)12-10-11-13-23-21(4,5)6/h14-17,23,26H,10-13H2,1-9H3,(H,24,28)(H,25,27)(H,29,30)/t15-,16?,17-/m0/s1. The van der Waals surface area contributed by atoms with Crippen molar-refractivity contribution in [2.75, 3.05) is 6.54 Å². The summed E-state index contributed by atoms with van der Waals surface area (Å²) < 4.78 is 0. The lowest BCUT2D eigenvalue weighted by molar-refractivity contribution is -0.142. The van der Waals surface area contributed by atoms with Crippen molar-refractivity contribution in [3.05, 3.63) is 0 Å². The zero-order valence-electron chi connectivity index (χ0n) is 20.3. The summed E-state index contributed by atoms with van der Waals surface area (Å²) in [4.78, 5) is 36.6. The Bertz CT molecular complexity index is 564. The first-order chi connectivity index (χ1) is 13.5. The topological polar surface area (TPSA) is 120 Å². The molecule has 176 valence electrons. The second-order valence-electron chi connectivity index (χ2n) is 10.4. The molecule has 5 N–H and O–H groups in total. The van der Waals surface area contributed by atoms with Crippen LogP contribution in [0.3, 0.4) is 0 Å². The van der Waals surface area contributed by atoms with Gasteiger partial charge in [-0.15, -0.1) is 0 Å². The van der Waals surface area contributed by atoms with Crippen LogP contribution in [0.15, 0.2) is 0 Å². The molecular formula is C22H44N4O4. The molecule has 0 spiro atoms. The van der Waals surface area contributed by atoms with Crippen molar-refractivity contribution >= 4 is 17.8 Å². The van der Waals surface area contributed by atoms with Crippen molar-refractivity contribution in [2.45, 2.75) is 111 Å². The zero-order valence-corrected chi connectivity index (χ0v) is 20.3. The fraction of sp³-hybridized carbons (Fsp3) is 0.864. The summed E-state index contributed by atoms with van der Waals surface area (Å²) in [6.45, 7) is 18.4. The maximum absolute atomic E-state index is 12.6. The number of rotatable bonds is 12. The van der Waals surface area contributed by atoms with Gasteiger partial charge in [0.2, 0.25) is 11.8 Å². The number of unbranched alkanes of at least 4 members (excludes halogenated alkanes) is 1. The van der Waals surface area contributed by atoms with Gasteiger partial charge in [-0.2, -0.15) is 0 Å². The van der Waals surface area contributed by atoms with Gasteiger partial charge in [0.05, 0.1) is 6.04 Å². The van der Waals surface area contributed by atoms with E-state index in [0.29, 0.717) is 12.8 Å². The first-order valence-electron chi connectivity index (χ1n) is 10.9. The molecule has 30 heavy (non-hydrogen) atoms. The van der Waals surface area contributed by atoms with Crippen LogP contribution in [0.4, 0.5) is 0 Å². The molecule has 0 saturated heterocycles. The summed E-state index contributed by atoms with van der Waals surface area (Å²) in [5.41, 5.74) is -0.238. The van der Waals surface area contributed by atoms with E-state index >= 15 is 0 Å². The van der Waals surface area contributed by atoms with Gasteiger partial charge in [-0.1, -0.05) is 13.8 Å². The molecule has 0 heterocycles. The summed E-state index contributed by atoms with van der Waals surface area (Å²) in [7, 11) is 0. The number of aliphatic carboxylic acids is 1. The first-order valence-corrected chi connectivity index (χ1v) is 10.9. The lowest BCUT2D eigenvalue weighted by Crippen LogP contribution is -2.58. The van der Waals surface area contributed by atoms with Gasteiger partial charge in [-0.3, -0.25) is 9.59 Å². The van der Waals surface area contributed by atoms with Crippen LogP contribution in [0.25, 0.3) is 0 Å². The summed E-state index contributed by atoms with van der Waals surface area (Å²) in [6.07, 6.45) is 1.83. The largest absolute Gasteiger partial charge is 0.480 e. The third-order valence-electron chi connectivity index (χ3n) is 4.48. The summed E-state index contributed by atoms with van der Waals surface area (Å²) in [5, 5.41) is 21.3. The quantitative estimate of drug-likeness (QED) is 0.304. The molecule has 0 aliphatic heterocycles. The number of carbonyl (C=O) groups is 3. The van der Waals surface area contributed by atoms with Crippen LogP contribution in [0, 0.1) is 5.92 Å². The molecule has 0 aromatic heterocycles. The van der Waals surface area contributed by atoms with E-state index in [4.69, 9.17) is 0 Å². The normalized spacial score (nSPS) is 15.4. The third-order valence-corrected chi connectivity index (χ3v) is 4.48. The molecule has 0 rings (SSSR count). The van der Waals surface area contributed by atoms with Gasteiger partial charge < -0.3 is 26.4 Å². The lowest BCUT2D eigenvalue weighted by Gasteiger charge is -2.31. The Balaban J connectivity index is 4.70. The predicted molar refractivity (Wildman–Crippen MR) is 120 cm³/mol. The number of carbonyl (C=O) groups excluding carboxylic acids is 2. The summed E-state index contributed by atoms with van der Waals surface area (Å²) in [5.74, 6) is -1.81. The van der Waals surface area contributed by atoms with E-state index in [1.54, 1.807) is 6.92 Å². The van der Waals surface area contributed by atoms with E-state index in [1.807, 2.05) is 34.6 Å². The summed E-state index contributed by atoms with van der Waals surface area (Å²) in [6, 6.07) is -2.25. The number of carboxylic acids is 1. The molecule has 0 saturated carbocycles. The monoisotopic (exact) mass is 428 g/mol. The van der Waals surface area contributed by atoms with Crippen molar-refractivity contribution in [1.82, 2.24) is 21.3 Å². The van der Waals surface area contributed by atoms with E-state index in [2.05, 4.69) is 42.0 Å². The Morgan fingerprint density at radius 2 is 1.40 bits per heavy atom. The molecule has 2 amide bonds. The smallest absolute Gasteiger partial charge is 0.326 e. The Morgan fingerprint density at radius 1 is 0.833 bits per heavy atom. The highest BCUT2D eigenvalue weighted by atomic mass is 16.4. The molecule has 1 unspecified atom stereocenters. The minimum absolute atomic E-state index is 0.0176. The molecule has 8 heteroatoms. The van der Waals surface area contributed by atoms with E-state index in [-0.39, 0.29) is 22.9 Å². The van der Waals surface area contributed by atoms with E-state index in [0.717, 1.165) is 13.0 Å². The average molecular weight is 429 g/mol. The Labute approximate surface area is 182 Å². The van der Waals surface area contributed by atoms with Gasteiger partial charge >= 0.3 is 5.97 Å². The van der Waals surface area contributed by atoms with Crippen molar-refractivity contribution in [2.24, 2.45) is 5.92 Å². The molecule has 0 fully saturated rings. The van der Waals surface area contributed by atoms with Crippen LogP contribution in [-0.4, -0.2) is 58.6 Å². The molecule has 0 aromatic carbocycles. The fourth-order valence-electron chi connectivity index (χ4n) is 2.86. The number of carboxylic acid groups (broad SMARTS) is 1. The number of amides is 2. The highest BCUT2D eigenvalue weighted by molar-refractivity contribution is 5.91. The highest BCUT2D eigenvalue weighted by Gasteiger charge is 2.29. The number of hydrogen-bond donors (Lipinski definition) is 5. The maximum atomic E-state index is 12.6. The Kier molecular flexibility index (Phi) is 11.6. The first kappa shape index (κ1) is 28.3. The van der Waals surface area contributed by atoms with Gasteiger partial charge in [0.15, 0.2) is 0 Å². The second-order valence-corrected chi connectivity index (χ2v) is 10.4. The lowest BCUT2D eigenvalue weighted by atomic mass is 9.98. The molecule has 0 aromatic rings. The molecule has 8 nitrogen and oxygen atoms in total. The van der Waals surface area contributed by atoms with E-state index < -0.39 is 30.0 Å². The Morgan fingerprint density at radius 3 is 1.83 bits per heavy atom. The van der Waals surface area contributed by atoms with E-state index in [9.17, 15) is 19.5 Å². The zero-order chi connectivity index (χ0) is 23.7. The van der Waals surface area contributed by atoms with Gasteiger partial charge in [-0.25, -0.2) is 4.79 Å². The fourth-order valence-corrected chi connectivity index (χ4v) is 2.86. The van der Waals surface area contributed by atoms with Crippen LogP contribution in [0.2, 0.25) is 0 Å². The van der Waals surface area contributed by atoms with Crippen LogP contribution < -0.4 is 21.3 Å². The third kappa shape index (κ3) is 12.8. The van der Waals surface area contributed by atoms with Crippen molar-refractivity contribution in [3.63, 3.8) is 0 Å². The van der Waals surface area contributed by atoms with Gasteiger partial charge in [-0.05, 0) is 80.2 Å². The van der Waals surface area contributed by atoms with Crippen molar-refractivity contribution in [1.29, 1.82) is 0 Å². The molecule has 0 aliphatic rings.